The third-order valence-electron chi connectivity index (χ3n) is 5.99. The van der Waals surface area contributed by atoms with E-state index < -0.39 is 0 Å². The molecule has 4 saturated carbocycles. The van der Waals surface area contributed by atoms with Crippen LogP contribution < -0.4 is 5.73 Å². The zero-order valence-electron chi connectivity index (χ0n) is 11.9. The topological polar surface area (TPSA) is 43.8 Å². The summed E-state index contributed by atoms with van der Waals surface area (Å²) in [7, 11) is 2.17. The lowest BCUT2D eigenvalue weighted by Crippen LogP contribution is -2.44. The van der Waals surface area contributed by atoms with Gasteiger partial charge in [-0.1, -0.05) is 0 Å². The predicted molar refractivity (Wildman–Crippen MR) is 75.8 cm³/mol. The van der Waals surface area contributed by atoms with E-state index in [4.69, 9.17) is 5.73 Å². The van der Waals surface area contributed by atoms with E-state index in [2.05, 4.69) is 16.6 Å². The minimum absolute atomic E-state index is 0.720. The van der Waals surface area contributed by atoms with Gasteiger partial charge in [-0.05, 0) is 62.3 Å². The molecule has 0 amide bonds. The van der Waals surface area contributed by atoms with E-state index in [-0.39, 0.29) is 0 Å². The van der Waals surface area contributed by atoms with Gasteiger partial charge in [0.15, 0.2) is 0 Å². The Balaban J connectivity index is 1.70. The highest BCUT2D eigenvalue weighted by Crippen LogP contribution is 2.59. The highest BCUT2D eigenvalue weighted by molar-refractivity contribution is 5.23. The quantitative estimate of drug-likeness (QED) is 0.906. The molecule has 0 radical (unpaired) electrons. The Hall–Kier alpha value is -0.830. The molecule has 0 aliphatic heterocycles. The molecule has 19 heavy (non-hydrogen) atoms. The van der Waals surface area contributed by atoms with E-state index in [0.29, 0.717) is 0 Å². The Morgan fingerprint density at radius 3 is 2.37 bits per heavy atom. The van der Waals surface area contributed by atoms with Crippen LogP contribution in [-0.2, 0) is 13.5 Å². The minimum atomic E-state index is 0.720. The maximum atomic E-state index is 5.76. The van der Waals surface area contributed by atoms with Gasteiger partial charge in [0.25, 0.3) is 0 Å². The van der Waals surface area contributed by atoms with Crippen LogP contribution in [0.15, 0.2) is 6.33 Å². The van der Waals surface area contributed by atoms with Gasteiger partial charge in [-0.3, -0.25) is 0 Å². The molecule has 4 aliphatic rings. The minimum Gasteiger partial charge on any atom is -0.337 e. The normalized spacial score (nSPS) is 40.0. The van der Waals surface area contributed by atoms with E-state index in [1.807, 2.05) is 6.33 Å². The molecule has 1 heterocycles. The van der Waals surface area contributed by atoms with Crippen LogP contribution in [0.5, 0.6) is 0 Å². The first-order valence-corrected chi connectivity index (χ1v) is 7.96. The molecule has 0 saturated heterocycles. The Bertz CT molecular complexity index is 448. The average Bonchev–Trinajstić information content (AvgIpc) is 2.71. The van der Waals surface area contributed by atoms with Crippen molar-refractivity contribution in [3.05, 3.63) is 17.7 Å². The molecule has 1 aromatic rings. The second kappa shape index (κ2) is 4.34. The van der Waals surface area contributed by atoms with Gasteiger partial charge in [-0.15, -0.1) is 0 Å². The van der Waals surface area contributed by atoms with Gasteiger partial charge < -0.3 is 10.3 Å². The predicted octanol–water partition coefficient (Wildman–Crippen LogP) is 2.46. The van der Waals surface area contributed by atoms with Crippen molar-refractivity contribution in [1.29, 1.82) is 0 Å². The summed E-state index contributed by atoms with van der Waals surface area (Å²) < 4.78 is 2.29. The molecule has 0 spiro atoms. The number of aryl methyl sites for hydroxylation is 1. The van der Waals surface area contributed by atoms with Crippen molar-refractivity contribution >= 4 is 0 Å². The Labute approximate surface area is 115 Å². The fourth-order valence-corrected chi connectivity index (χ4v) is 5.62. The molecule has 1 aromatic heterocycles. The standard InChI is InChI=1S/C16H25N3/c1-19-9-18-14(2-3-17)16(19)15-12-5-10-4-11(7-12)8-13(15)6-10/h9-13,15H,2-8,17H2,1H3. The van der Waals surface area contributed by atoms with Gasteiger partial charge in [-0.25, -0.2) is 4.98 Å². The SMILES string of the molecule is Cn1cnc(CCN)c1C1C2CC3CC(C2)CC1C3. The van der Waals surface area contributed by atoms with Gasteiger partial charge >= 0.3 is 0 Å². The van der Waals surface area contributed by atoms with Crippen molar-refractivity contribution in [2.75, 3.05) is 6.54 Å². The lowest BCUT2D eigenvalue weighted by atomic mass is 9.51. The van der Waals surface area contributed by atoms with E-state index in [0.717, 1.165) is 42.6 Å². The molecule has 4 aliphatic carbocycles. The summed E-state index contributed by atoms with van der Waals surface area (Å²) in [6.07, 6.45) is 10.4. The van der Waals surface area contributed by atoms with Crippen molar-refractivity contribution < 1.29 is 0 Å². The number of imidazole rings is 1. The Kier molecular flexibility index (Phi) is 2.73. The van der Waals surface area contributed by atoms with Crippen LogP contribution in [0.25, 0.3) is 0 Å². The zero-order chi connectivity index (χ0) is 13.0. The van der Waals surface area contributed by atoms with E-state index in [9.17, 15) is 0 Å². The zero-order valence-corrected chi connectivity index (χ0v) is 11.9. The molecule has 0 aromatic carbocycles. The Morgan fingerprint density at radius 2 is 1.79 bits per heavy atom. The summed E-state index contributed by atoms with van der Waals surface area (Å²) in [4.78, 5) is 4.62. The fraction of sp³-hybridized carbons (Fsp3) is 0.812. The maximum Gasteiger partial charge on any atom is 0.0949 e. The molecule has 3 heteroatoms. The van der Waals surface area contributed by atoms with E-state index in [1.165, 1.54) is 43.5 Å². The first-order valence-electron chi connectivity index (χ1n) is 7.96. The van der Waals surface area contributed by atoms with Gasteiger partial charge in [0, 0.05) is 25.1 Å². The number of rotatable bonds is 3. The molecular formula is C16H25N3. The molecule has 104 valence electrons. The third-order valence-corrected chi connectivity index (χ3v) is 5.99. The second-order valence-corrected chi connectivity index (χ2v) is 7.18. The van der Waals surface area contributed by atoms with Gasteiger partial charge in [0.1, 0.15) is 0 Å². The highest BCUT2D eigenvalue weighted by atomic mass is 15.0. The van der Waals surface area contributed by atoms with E-state index in [1.54, 1.807) is 0 Å². The lowest BCUT2D eigenvalue weighted by molar-refractivity contribution is -0.00533. The molecule has 4 bridgehead atoms. The van der Waals surface area contributed by atoms with Crippen LogP contribution in [0, 0.1) is 23.7 Å². The third kappa shape index (κ3) is 1.78. The molecule has 0 atom stereocenters. The van der Waals surface area contributed by atoms with E-state index >= 15 is 0 Å². The summed E-state index contributed by atoms with van der Waals surface area (Å²) in [6.45, 7) is 0.720. The average molecular weight is 259 g/mol. The molecule has 4 fully saturated rings. The van der Waals surface area contributed by atoms with Crippen molar-refractivity contribution in [3.8, 4) is 0 Å². The molecule has 2 N–H and O–H groups in total. The van der Waals surface area contributed by atoms with Crippen molar-refractivity contribution in [2.45, 2.75) is 44.4 Å². The maximum absolute atomic E-state index is 5.76. The van der Waals surface area contributed by atoms with Crippen LogP contribution >= 0.6 is 0 Å². The highest BCUT2D eigenvalue weighted by Gasteiger charge is 2.49. The van der Waals surface area contributed by atoms with Crippen LogP contribution in [0.2, 0.25) is 0 Å². The molecule has 0 unspecified atom stereocenters. The number of nitrogens with two attached hydrogens (primary N) is 1. The monoisotopic (exact) mass is 259 g/mol. The van der Waals surface area contributed by atoms with Crippen LogP contribution in [0.4, 0.5) is 0 Å². The van der Waals surface area contributed by atoms with Crippen LogP contribution in [0.1, 0.15) is 49.4 Å². The summed E-state index contributed by atoms with van der Waals surface area (Å²) in [6, 6.07) is 0. The van der Waals surface area contributed by atoms with Gasteiger partial charge in [-0.2, -0.15) is 0 Å². The number of nitrogens with zero attached hydrogens (tertiary/aromatic N) is 2. The molecule has 5 rings (SSSR count). The summed E-state index contributed by atoms with van der Waals surface area (Å²) >= 11 is 0. The number of hydrogen-bond acceptors (Lipinski definition) is 2. The van der Waals surface area contributed by atoms with Crippen molar-refractivity contribution in [1.82, 2.24) is 9.55 Å². The molecule has 3 nitrogen and oxygen atoms in total. The summed E-state index contributed by atoms with van der Waals surface area (Å²) in [5, 5.41) is 0. The van der Waals surface area contributed by atoms with Crippen LogP contribution in [0.3, 0.4) is 0 Å². The molecular weight excluding hydrogens is 234 g/mol. The fourth-order valence-electron chi connectivity index (χ4n) is 5.62. The second-order valence-electron chi connectivity index (χ2n) is 7.18. The van der Waals surface area contributed by atoms with Crippen LogP contribution in [-0.4, -0.2) is 16.1 Å². The first kappa shape index (κ1) is 12.0. The number of aromatic nitrogens is 2. The van der Waals surface area contributed by atoms with Gasteiger partial charge in [0.05, 0.1) is 12.0 Å². The largest absolute Gasteiger partial charge is 0.337 e. The summed E-state index contributed by atoms with van der Waals surface area (Å²) in [5.74, 6) is 4.74. The summed E-state index contributed by atoms with van der Waals surface area (Å²) in [5.41, 5.74) is 8.57. The first-order chi connectivity index (χ1) is 9.26. The van der Waals surface area contributed by atoms with Gasteiger partial charge in [0.2, 0.25) is 0 Å². The Morgan fingerprint density at radius 1 is 1.16 bits per heavy atom. The lowest BCUT2D eigenvalue weighted by Gasteiger charge is -2.54. The smallest absolute Gasteiger partial charge is 0.0949 e. The number of hydrogen-bond donors (Lipinski definition) is 1. The van der Waals surface area contributed by atoms with Crippen molar-refractivity contribution in [3.63, 3.8) is 0 Å². The van der Waals surface area contributed by atoms with Crippen molar-refractivity contribution in [2.24, 2.45) is 36.5 Å².